The van der Waals surface area contributed by atoms with Crippen LogP contribution in [0.5, 0.6) is 0 Å². The summed E-state index contributed by atoms with van der Waals surface area (Å²) in [6.07, 6.45) is 6.32. The summed E-state index contributed by atoms with van der Waals surface area (Å²) in [7, 11) is 1.64. The number of nitrogens with zero attached hydrogens (tertiary/aromatic N) is 2. The Balaban J connectivity index is 0.000000339. The fourth-order valence-corrected chi connectivity index (χ4v) is 4.92. The second-order valence-corrected chi connectivity index (χ2v) is 9.22. The van der Waals surface area contributed by atoms with Gasteiger partial charge >= 0.3 is 0 Å². The third-order valence-electron chi connectivity index (χ3n) is 5.37. The Kier molecular flexibility index (Phi) is 7.22. The van der Waals surface area contributed by atoms with Crippen molar-refractivity contribution in [2.24, 2.45) is 11.8 Å². The van der Waals surface area contributed by atoms with Crippen LogP contribution in [0.3, 0.4) is 0 Å². The number of thiophene rings is 1. The molecule has 2 aromatic heterocycles. The second-order valence-electron chi connectivity index (χ2n) is 8.14. The molecule has 1 amide bonds. The van der Waals surface area contributed by atoms with Crippen molar-refractivity contribution >= 4 is 50.9 Å². The minimum absolute atomic E-state index is 0.0972. The Bertz CT molecular complexity index is 1090. The molecule has 4 rings (SSSR count). The molecule has 8 heteroatoms. The third-order valence-corrected chi connectivity index (χ3v) is 6.53. The van der Waals surface area contributed by atoms with Gasteiger partial charge in [0.25, 0.3) is 0 Å². The van der Waals surface area contributed by atoms with Crippen LogP contribution in [-0.4, -0.2) is 29.1 Å². The van der Waals surface area contributed by atoms with Crippen molar-refractivity contribution in [3.8, 4) is 0 Å². The first-order valence-electron chi connectivity index (χ1n) is 10.5. The lowest BCUT2D eigenvalue weighted by atomic mass is 9.89. The second kappa shape index (κ2) is 9.87. The normalized spacial score (nSPS) is 15.1. The van der Waals surface area contributed by atoms with Gasteiger partial charge in [0.2, 0.25) is 5.91 Å². The Morgan fingerprint density at radius 3 is 2.77 bits per heavy atom. The van der Waals surface area contributed by atoms with E-state index in [1.807, 2.05) is 32.0 Å². The van der Waals surface area contributed by atoms with Crippen LogP contribution in [0.15, 0.2) is 24.5 Å². The number of fused-ring (bicyclic) bond motifs is 3. The lowest BCUT2D eigenvalue weighted by Crippen LogP contribution is -2.22. The first kappa shape index (κ1) is 22.7. The molecule has 7 nitrogen and oxygen atoms in total. The molecule has 3 aromatic rings. The summed E-state index contributed by atoms with van der Waals surface area (Å²) in [6.45, 7) is 6.03. The number of hydrogen-bond acceptors (Lipinski definition) is 7. The highest BCUT2D eigenvalue weighted by atomic mass is 32.1. The molecule has 1 unspecified atom stereocenters. The van der Waals surface area contributed by atoms with Gasteiger partial charge in [0.05, 0.1) is 5.39 Å². The number of rotatable bonds is 4. The minimum atomic E-state index is 0.0972. The van der Waals surface area contributed by atoms with E-state index in [9.17, 15) is 4.79 Å². The number of aryl methyl sites for hydroxylation is 1. The van der Waals surface area contributed by atoms with Crippen molar-refractivity contribution in [2.45, 2.75) is 40.0 Å². The zero-order valence-electron chi connectivity index (χ0n) is 18.5. The maximum Gasteiger partial charge on any atom is 0.222 e. The predicted octanol–water partition coefficient (Wildman–Crippen LogP) is 4.53. The average Bonchev–Trinajstić information content (AvgIpc) is 3.13. The van der Waals surface area contributed by atoms with Crippen LogP contribution >= 0.6 is 11.3 Å². The first-order valence-corrected chi connectivity index (χ1v) is 11.3. The molecule has 1 aliphatic carbocycles. The van der Waals surface area contributed by atoms with Gasteiger partial charge in [-0.05, 0) is 48.9 Å². The first-order chi connectivity index (χ1) is 14.8. The van der Waals surface area contributed by atoms with Gasteiger partial charge in [-0.2, -0.15) is 0 Å². The summed E-state index contributed by atoms with van der Waals surface area (Å²) in [6, 6.07) is 5.60. The van der Waals surface area contributed by atoms with Crippen molar-refractivity contribution in [2.75, 3.05) is 18.1 Å². The van der Waals surface area contributed by atoms with Crippen LogP contribution in [0.4, 0.5) is 17.2 Å². The summed E-state index contributed by atoms with van der Waals surface area (Å²) in [5.74, 6) is 1.79. The molecule has 0 saturated heterocycles. The summed E-state index contributed by atoms with van der Waals surface area (Å²) >= 11 is 1.79. The molecule has 31 heavy (non-hydrogen) atoms. The fourth-order valence-electron chi connectivity index (χ4n) is 3.57. The van der Waals surface area contributed by atoms with Crippen LogP contribution in [-0.2, 0) is 17.6 Å². The van der Waals surface area contributed by atoms with Crippen molar-refractivity contribution < 1.29 is 4.79 Å². The molecule has 0 aliphatic heterocycles. The molecule has 0 radical (unpaired) electrons. The van der Waals surface area contributed by atoms with Gasteiger partial charge in [-0.1, -0.05) is 20.8 Å². The highest BCUT2D eigenvalue weighted by Gasteiger charge is 2.23. The monoisotopic (exact) mass is 438 g/mol. The number of aromatic nitrogens is 2. The molecule has 1 aromatic carbocycles. The Morgan fingerprint density at radius 2 is 2.13 bits per heavy atom. The topological polar surface area (TPSA) is 117 Å². The van der Waals surface area contributed by atoms with E-state index in [1.165, 1.54) is 23.1 Å². The highest BCUT2D eigenvalue weighted by molar-refractivity contribution is 7.19. The molecular weight excluding hydrogens is 408 g/mol. The van der Waals surface area contributed by atoms with Crippen LogP contribution < -0.4 is 16.4 Å². The van der Waals surface area contributed by atoms with Gasteiger partial charge in [0, 0.05) is 41.0 Å². The average molecular weight is 439 g/mol. The van der Waals surface area contributed by atoms with Crippen LogP contribution in [0.1, 0.15) is 43.2 Å². The molecule has 5 N–H and O–H groups in total. The SMILES string of the molecule is CC1CCc2c(sc3ncnc(Nc4ccc(N)c(C=N)c4)c23)C1.CNC(=O)C(C)C. The van der Waals surface area contributed by atoms with Gasteiger partial charge in [-0.25, -0.2) is 9.97 Å². The van der Waals surface area contributed by atoms with E-state index in [0.29, 0.717) is 11.3 Å². The molecule has 1 atom stereocenters. The van der Waals surface area contributed by atoms with Crippen LogP contribution in [0, 0.1) is 17.2 Å². The van der Waals surface area contributed by atoms with E-state index < -0.39 is 0 Å². The molecule has 0 fully saturated rings. The highest BCUT2D eigenvalue weighted by Crippen LogP contribution is 2.40. The minimum Gasteiger partial charge on any atom is -0.398 e. The van der Waals surface area contributed by atoms with E-state index in [0.717, 1.165) is 40.5 Å². The largest absolute Gasteiger partial charge is 0.398 e. The zero-order valence-corrected chi connectivity index (χ0v) is 19.3. The van der Waals surface area contributed by atoms with Crippen molar-refractivity contribution in [1.29, 1.82) is 5.41 Å². The third kappa shape index (κ3) is 5.19. The Hall–Kier alpha value is -3.00. The van der Waals surface area contributed by atoms with Gasteiger partial charge in [0.1, 0.15) is 17.0 Å². The molecular formula is C23H30N6OS. The van der Waals surface area contributed by atoms with E-state index in [1.54, 1.807) is 24.7 Å². The summed E-state index contributed by atoms with van der Waals surface area (Å²) in [4.78, 5) is 21.8. The van der Waals surface area contributed by atoms with Crippen molar-refractivity contribution in [3.05, 3.63) is 40.5 Å². The smallest absolute Gasteiger partial charge is 0.222 e. The van der Waals surface area contributed by atoms with E-state index in [2.05, 4.69) is 27.5 Å². The Labute approximate surface area is 187 Å². The number of carbonyl (C=O) groups excluding carboxylic acids is 1. The predicted molar refractivity (Wildman–Crippen MR) is 130 cm³/mol. The quantitative estimate of drug-likeness (QED) is 0.353. The summed E-state index contributed by atoms with van der Waals surface area (Å²) in [5.41, 5.74) is 9.45. The number of hydrogen-bond donors (Lipinski definition) is 4. The number of nitrogens with two attached hydrogens (primary N) is 1. The lowest BCUT2D eigenvalue weighted by molar-refractivity contribution is -0.123. The van der Waals surface area contributed by atoms with Crippen molar-refractivity contribution in [3.63, 3.8) is 0 Å². The van der Waals surface area contributed by atoms with Crippen LogP contribution in [0.25, 0.3) is 10.2 Å². The van der Waals surface area contributed by atoms with E-state index in [4.69, 9.17) is 11.1 Å². The molecule has 0 spiro atoms. The number of carbonyl (C=O) groups is 1. The lowest BCUT2D eigenvalue weighted by Gasteiger charge is -2.18. The van der Waals surface area contributed by atoms with Gasteiger partial charge in [-0.3, -0.25) is 4.79 Å². The van der Waals surface area contributed by atoms with Crippen molar-refractivity contribution in [1.82, 2.24) is 15.3 Å². The maximum absolute atomic E-state index is 10.4. The van der Waals surface area contributed by atoms with E-state index in [-0.39, 0.29) is 11.8 Å². The standard InChI is InChI=1S/C18H19N5S.C5H11NO/c1-10-2-4-13-15(6-10)24-18-16(13)17(21-9-22-18)23-12-3-5-14(20)11(7-12)8-19;1-4(2)5(7)6-3/h3,5,7-10,19H,2,4,6,20H2,1H3,(H,21,22,23);4H,1-3H3,(H,6,7). The summed E-state index contributed by atoms with van der Waals surface area (Å²) in [5, 5.41) is 14.5. The van der Waals surface area contributed by atoms with Gasteiger partial charge in [0.15, 0.2) is 0 Å². The number of nitrogen functional groups attached to an aromatic ring is 1. The number of anilines is 3. The summed E-state index contributed by atoms with van der Waals surface area (Å²) < 4.78 is 0. The fraction of sp³-hybridized carbons (Fsp3) is 0.391. The van der Waals surface area contributed by atoms with Gasteiger partial charge < -0.3 is 21.8 Å². The number of benzene rings is 1. The molecule has 2 heterocycles. The van der Waals surface area contributed by atoms with Crippen LogP contribution in [0.2, 0.25) is 0 Å². The Morgan fingerprint density at radius 1 is 1.35 bits per heavy atom. The van der Waals surface area contributed by atoms with Gasteiger partial charge in [-0.15, -0.1) is 11.3 Å². The zero-order chi connectivity index (χ0) is 22.5. The van der Waals surface area contributed by atoms with E-state index >= 15 is 0 Å². The number of nitrogens with one attached hydrogen (secondary N) is 3. The molecule has 164 valence electrons. The maximum atomic E-state index is 10.4. The molecule has 0 bridgehead atoms. The molecule has 0 saturated carbocycles. The molecule has 1 aliphatic rings. The number of amides is 1.